The van der Waals surface area contributed by atoms with Crippen molar-refractivity contribution in [3.63, 3.8) is 0 Å². The maximum atomic E-state index is 5.85. The predicted molar refractivity (Wildman–Crippen MR) is 108 cm³/mol. The molecule has 0 fully saturated rings. The maximum Gasteiger partial charge on any atom is 0.193 e. The van der Waals surface area contributed by atoms with E-state index in [1.165, 1.54) is 5.56 Å². The van der Waals surface area contributed by atoms with Crippen LogP contribution in [0.2, 0.25) is 0 Å². The smallest absolute Gasteiger partial charge is 0.193 e. The van der Waals surface area contributed by atoms with Gasteiger partial charge in [-0.05, 0) is 29.7 Å². The van der Waals surface area contributed by atoms with E-state index in [2.05, 4.69) is 30.2 Å². The van der Waals surface area contributed by atoms with Gasteiger partial charge < -0.3 is 15.8 Å². The number of benzene rings is 2. The van der Waals surface area contributed by atoms with E-state index in [1.54, 1.807) is 0 Å². The third kappa shape index (κ3) is 6.48. The van der Waals surface area contributed by atoms with Crippen molar-refractivity contribution in [3.05, 3.63) is 60.2 Å². The number of nitrogens with two attached hydrogens (primary N) is 1. The molecule has 0 atom stereocenters. The summed E-state index contributed by atoms with van der Waals surface area (Å²) in [4.78, 5) is 4.27. The molecule has 2 rings (SSSR count). The van der Waals surface area contributed by atoms with Gasteiger partial charge in [0.05, 0.1) is 6.54 Å². The summed E-state index contributed by atoms with van der Waals surface area (Å²) in [5.41, 5.74) is 7.98. The summed E-state index contributed by atoms with van der Waals surface area (Å²) in [7, 11) is 0. The zero-order valence-corrected chi connectivity index (χ0v) is 15.9. The molecule has 4 nitrogen and oxygen atoms in total. The van der Waals surface area contributed by atoms with Gasteiger partial charge in [0.15, 0.2) is 5.96 Å². The fourth-order valence-electron chi connectivity index (χ4n) is 2.12. The number of nitrogens with one attached hydrogen (secondary N) is 1. The highest BCUT2D eigenvalue weighted by Gasteiger charge is 2.06. The van der Waals surface area contributed by atoms with Crippen molar-refractivity contribution in [2.75, 3.05) is 18.5 Å². The third-order valence-corrected chi connectivity index (χ3v) is 3.22. The van der Waals surface area contributed by atoms with Crippen LogP contribution in [0.3, 0.4) is 0 Å². The summed E-state index contributed by atoms with van der Waals surface area (Å²) in [6.45, 7) is 5.32. The van der Waals surface area contributed by atoms with E-state index in [0.29, 0.717) is 25.0 Å². The van der Waals surface area contributed by atoms with Crippen LogP contribution in [0.15, 0.2) is 59.6 Å². The molecule has 0 saturated carbocycles. The summed E-state index contributed by atoms with van der Waals surface area (Å²) in [6.07, 6.45) is 0. The summed E-state index contributed by atoms with van der Waals surface area (Å²) in [5.74, 6) is 1.75. The molecular weight excluding hydrogens is 401 g/mol. The van der Waals surface area contributed by atoms with Crippen LogP contribution in [-0.2, 0) is 0 Å². The Balaban J connectivity index is 0.00000264. The zero-order valence-electron chi connectivity index (χ0n) is 13.5. The Bertz CT molecular complexity index is 615. The van der Waals surface area contributed by atoms with Crippen LogP contribution in [0, 0.1) is 0 Å². The van der Waals surface area contributed by atoms with Crippen molar-refractivity contribution >= 4 is 35.6 Å². The van der Waals surface area contributed by atoms with Crippen molar-refractivity contribution in [1.29, 1.82) is 0 Å². The van der Waals surface area contributed by atoms with Crippen LogP contribution in [0.25, 0.3) is 0 Å². The Morgan fingerprint density at radius 3 is 2.43 bits per heavy atom. The van der Waals surface area contributed by atoms with E-state index in [0.717, 1.165) is 11.4 Å². The minimum absolute atomic E-state index is 0. The van der Waals surface area contributed by atoms with Gasteiger partial charge >= 0.3 is 0 Å². The Labute approximate surface area is 155 Å². The standard InChI is InChI=1S/C18H23N3O.HI/c1-14(2)16-10-6-7-11-17(16)22-13-12-20-18(19)21-15-8-4-3-5-9-15;/h3-11,14H,12-13H2,1-2H3,(H3,19,20,21);1H. The van der Waals surface area contributed by atoms with Gasteiger partial charge in [-0.25, -0.2) is 4.99 Å². The Morgan fingerprint density at radius 1 is 1.09 bits per heavy atom. The summed E-state index contributed by atoms with van der Waals surface area (Å²) < 4.78 is 5.81. The first-order chi connectivity index (χ1) is 10.7. The summed E-state index contributed by atoms with van der Waals surface area (Å²) in [6, 6.07) is 17.8. The van der Waals surface area contributed by atoms with Crippen molar-refractivity contribution in [1.82, 2.24) is 0 Å². The first-order valence-corrected chi connectivity index (χ1v) is 7.50. The van der Waals surface area contributed by atoms with Crippen LogP contribution in [0.5, 0.6) is 5.75 Å². The number of anilines is 1. The number of ether oxygens (including phenoxy) is 1. The van der Waals surface area contributed by atoms with Crippen molar-refractivity contribution in [3.8, 4) is 5.75 Å². The zero-order chi connectivity index (χ0) is 15.8. The fourth-order valence-corrected chi connectivity index (χ4v) is 2.12. The summed E-state index contributed by atoms with van der Waals surface area (Å²) >= 11 is 0. The second-order valence-corrected chi connectivity index (χ2v) is 5.30. The largest absolute Gasteiger partial charge is 0.491 e. The number of halogens is 1. The number of nitrogens with zero attached hydrogens (tertiary/aromatic N) is 1. The number of para-hydroxylation sites is 2. The number of guanidine groups is 1. The Morgan fingerprint density at radius 2 is 1.74 bits per heavy atom. The molecule has 3 N–H and O–H groups in total. The molecule has 0 aliphatic rings. The molecular formula is C18H24IN3O. The van der Waals surface area contributed by atoms with Gasteiger partial charge in [0.2, 0.25) is 0 Å². The molecule has 124 valence electrons. The van der Waals surface area contributed by atoms with E-state index in [9.17, 15) is 0 Å². The normalized spacial score (nSPS) is 11.0. The molecule has 0 unspecified atom stereocenters. The van der Waals surface area contributed by atoms with Crippen LogP contribution in [-0.4, -0.2) is 19.1 Å². The molecule has 0 saturated heterocycles. The number of aliphatic imine (C=N–C) groups is 1. The molecule has 2 aromatic carbocycles. The monoisotopic (exact) mass is 425 g/mol. The lowest BCUT2D eigenvalue weighted by Crippen LogP contribution is -2.23. The fraction of sp³-hybridized carbons (Fsp3) is 0.278. The molecule has 0 bridgehead atoms. The highest BCUT2D eigenvalue weighted by Crippen LogP contribution is 2.25. The molecule has 5 heteroatoms. The molecule has 0 aliphatic carbocycles. The second kappa shape index (κ2) is 10.1. The molecule has 0 radical (unpaired) electrons. The maximum absolute atomic E-state index is 5.85. The molecule has 0 amide bonds. The lowest BCUT2D eigenvalue weighted by atomic mass is 10.0. The Kier molecular flexibility index (Phi) is 8.47. The van der Waals surface area contributed by atoms with Gasteiger partial charge in [-0.15, -0.1) is 24.0 Å². The number of rotatable bonds is 6. The van der Waals surface area contributed by atoms with E-state index >= 15 is 0 Å². The third-order valence-electron chi connectivity index (χ3n) is 3.22. The molecule has 23 heavy (non-hydrogen) atoms. The van der Waals surface area contributed by atoms with Crippen molar-refractivity contribution in [2.45, 2.75) is 19.8 Å². The highest BCUT2D eigenvalue weighted by molar-refractivity contribution is 14.0. The Hall–Kier alpha value is -1.76. The highest BCUT2D eigenvalue weighted by atomic mass is 127. The number of hydrogen-bond acceptors (Lipinski definition) is 2. The molecule has 0 heterocycles. The van der Waals surface area contributed by atoms with Gasteiger partial charge in [0.25, 0.3) is 0 Å². The van der Waals surface area contributed by atoms with Crippen molar-refractivity contribution < 1.29 is 4.74 Å². The lowest BCUT2D eigenvalue weighted by molar-refractivity contribution is 0.324. The minimum Gasteiger partial charge on any atom is -0.491 e. The van der Waals surface area contributed by atoms with E-state index in [4.69, 9.17) is 10.5 Å². The van der Waals surface area contributed by atoms with Crippen LogP contribution < -0.4 is 15.8 Å². The number of hydrogen-bond donors (Lipinski definition) is 2. The molecule has 0 aliphatic heterocycles. The quantitative estimate of drug-likeness (QED) is 0.315. The molecule has 0 spiro atoms. The average Bonchev–Trinajstić information content (AvgIpc) is 2.53. The first-order valence-electron chi connectivity index (χ1n) is 7.50. The van der Waals surface area contributed by atoms with E-state index in [-0.39, 0.29) is 24.0 Å². The predicted octanol–water partition coefficient (Wildman–Crippen LogP) is 4.23. The van der Waals surface area contributed by atoms with E-state index in [1.807, 2.05) is 48.5 Å². The first kappa shape index (κ1) is 19.3. The van der Waals surface area contributed by atoms with Gasteiger partial charge in [-0.1, -0.05) is 50.2 Å². The minimum atomic E-state index is 0. The van der Waals surface area contributed by atoms with Gasteiger partial charge in [0.1, 0.15) is 12.4 Å². The molecule has 2 aromatic rings. The summed E-state index contributed by atoms with van der Waals surface area (Å²) in [5, 5.41) is 3.04. The lowest BCUT2D eigenvalue weighted by Gasteiger charge is -2.13. The van der Waals surface area contributed by atoms with Crippen molar-refractivity contribution in [2.24, 2.45) is 10.7 Å². The van der Waals surface area contributed by atoms with Crippen LogP contribution >= 0.6 is 24.0 Å². The van der Waals surface area contributed by atoms with E-state index < -0.39 is 0 Å². The van der Waals surface area contributed by atoms with Crippen LogP contribution in [0.1, 0.15) is 25.3 Å². The average molecular weight is 425 g/mol. The van der Waals surface area contributed by atoms with Crippen LogP contribution in [0.4, 0.5) is 5.69 Å². The van der Waals surface area contributed by atoms with Gasteiger partial charge in [-0.2, -0.15) is 0 Å². The SMILES string of the molecule is CC(C)c1ccccc1OCCN=C(N)Nc1ccccc1.I. The van der Waals surface area contributed by atoms with Gasteiger partial charge in [0, 0.05) is 5.69 Å². The molecule has 0 aromatic heterocycles. The second-order valence-electron chi connectivity index (χ2n) is 5.30. The topological polar surface area (TPSA) is 59.6 Å². The van der Waals surface area contributed by atoms with Gasteiger partial charge in [-0.3, -0.25) is 0 Å².